The molecule has 0 aliphatic rings. The third-order valence-corrected chi connectivity index (χ3v) is 4.13. The standard InChI is InChI=1S/C19H16N2O4S/c1-2-10-24-16-6-3-14(4-7-16)5-8-18(23)25-13-15-12-17(22)21-9-11-26-19(21)20-15/h2-9,11-12H,1,10,13H2/b8-5+. The van der Waals surface area contributed by atoms with E-state index < -0.39 is 5.97 Å². The number of carbonyl (C=O) groups is 1. The summed E-state index contributed by atoms with van der Waals surface area (Å²) in [6.07, 6.45) is 6.30. The molecule has 0 aliphatic heterocycles. The fourth-order valence-corrected chi connectivity index (χ4v) is 2.89. The number of benzene rings is 1. The summed E-state index contributed by atoms with van der Waals surface area (Å²) in [6, 6.07) is 8.63. The van der Waals surface area contributed by atoms with Crippen molar-refractivity contribution in [3.05, 3.63) is 82.3 Å². The van der Waals surface area contributed by atoms with Crippen LogP contribution in [-0.2, 0) is 16.1 Å². The molecule has 2 aromatic heterocycles. The Morgan fingerprint density at radius 2 is 2.12 bits per heavy atom. The van der Waals surface area contributed by atoms with E-state index in [1.54, 1.807) is 23.7 Å². The van der Waals surface area contributed by atoms with E-state index in [-0.39, 0.29) is 12.2 Å². The number of ether oxygens (including phenoxy) is 2. The van der Waals surface area contributed by atoms with Gasteiger partial charge in [0.2, 0.25) is 0 Å². The molecule has 0 aliphatic carbocycles. The molecule has 0 unspecified atom stereocenters. The van der Waals surface area contributed by atoms with E-state index in [1.165, 1.54) is 27.9 Å². The molecular formula is C19H16N2O4S. The molecule has 0 fully saturated rings. The zero-order valence-electron chi connectivity index (χ0n) is 13.8. The highest BCUT2D eigenvalue weighted by molar-refractivity contribution is 7.15. The second-order valence-electron chi connectivity index (χ2n) is 5.25. The Labute approximate surface area is 153 Å². The fraction of sp³-hybridized carbons (Fsp3) is 0.105. The molecule has 0 amide bonds. The molecule has 26 heavy (non-hydrogen) atoms. The molecule has 132 valence electrons. The first-order valence-electron chi connectivity index (χ1n) is 7.80. The Balaban J connectivity index is 1.56. The van der Waals surface area contributed by atoms with E-state index in [4.69, 9.17) is 9.47 Å². The number of hydrogen-bond acceptors (Lipinski definition) is 6. The topological polar surface area (TPSA) is 69.9 Å². The number of nitrogens with zero attached hydrogens (tertiary/aromatic N) is 2. The summed E-state index contributed by atoms with van der Waals surface area (Å²) in [5, 5.41) is 1.77. The minimum atomic E-state index is -0.509. The lowest BCUT2D eigenvalue weighted by atomic mass is 10.2. The minimum absolute atomic E-state index is 0.0544. The summed E-state index contributed by atoms with van der Waals surface area (Å²) in [5.74, 6) is 0.219. The van der Waals surface area contributed by atoms with Crippen LogP contribution in [0.5, 0.6) is 5.75 Å². The number of rotatable bonds is 7. The molecule has 3 aromatic rings. The largest absolute Gasteiger partial charge is 0.490 e. The van der Waals surface area contributed by atoms with Gasteiger partial charge in [0.25, 0.3) is 5.56 Å². The fourth-order valence-electron chi connectivity index (χ4n) is 2.15. The van der Waals surface area contributed by atoms with Gasteiger partial charge in [-0.15, -0.1) is 11.3 Å². The number of aromatic nitrogens is 2. The first-order valence-corrected chi connectivity index (χ1v) is 8.68. The molecule has 0 N–H and O–H groups in total. The van der Waals surface area contributed by atoms with E-state index in [9.17, 15) is 9.59 Å². The average Bonchev–Trinajstić information content (AvgIpc) is 3.13. The summed E-state index contributed by atoms with van der Waals surface area (Å²) in [5.41, 5.74) is 1.06. The van der Waals surface area contributed by atoms with Crippen LogP contribution >= 0.6 is 11.3 Å². The molecule has 0 saturated heterocycles. The van der Waals surface area contributed by atoms with Gasteiger partial charge in [-0.3, -0.25) is 9.20 Å². The van der Waals surface area contributed by atoms with Crippen molar-refractivity contribution in [1.29, 1.82) is 0 Å². The van der Waals surface area contributed by atoms with Gasteiger partial charge in [-0.25, -0.2) is 9.78 Å². The van der Waals surface area contributed by atoms with Crippen LogP contribution in [0, 0.1) is 0 Å². The maximum absolute atomic E-state index is 11.9. The van der Waals surface area contributed by atoms with Gasteiger partial charge >= 0.3 is 5.97 Å². The van der Waals surface area contributed by atoms with Crippen molar-refractivity contribution in [2.45, 2.75) is 6.61 Å². The lowest BCUT2D eigenvalue weighted by molar-refractivity contribution is -0.139. The van der Waals surface area contributed by atoms with Gasteiger partial charge in [0.1, 0.15) is 19.0 Å². The first kappa shape index (κ1) is 17.6. The van der Waals surface area contributed by atoms with Crippen molar-refractivity contribution in [2.75, 3.05) is 6.61 Å². The zero-order chi connectivity index (χ0) is 18.4. The molecule has 0 spiro atoms. The van der Waals surface area contributed by atoms with Crippen LogP contribution in [0.2, 0.25) is 0 Å². The van der Waals surface area contributed by atoms with Crippen LogP contribution in [0.1, 0.15) is 11.3 Å². The quantitative estimate of drug-likeness (QED) is 0.364. The first-order chi connectivity index (χ1) is 12.7. The molecular weight excluding hydrogens is 352 g/mol. The van der Waals surface area contributed by atoms with Crippen LogP contribution in [0.3, 0.4) is 0 Å². The summed E-state index contributed by atoms with van der Waals surface area (Å²) in [6.45, 7) is 3.97. The summed E-state index contributed by atoms with van der Waals surface area (Å²) >= 11 is 1.35. The molecule has 0 radical (unpaired) electrons. The second kappa shape index (κ2) is 8.26. The van der Waals surface area contributed by atoms with Gasteiger partial charge in [0, 0.05) is 23.7 Å². The summed E-state index contributed by atoms with van der Waals surface area (Å²) < 4.78 is 12.0. The Bertz CT molecular complexity index is 1000. The average molecular weight is 368 g/mol. The van der Waals surface area contributed by atoms with Crippen molar-refractivity contribution in [2.24, 2.45) is 0 Å². The van der Waals surface area contributed by atoms with Gasteiger partial charge in [0.05, 0.1) is 5.69 Å². The van der Waals surface area contributed by atoms with Gasteiger partial charge in [-0.2, -0.15) is 0 Å². The highest BCUT2D eigenvalue weighted by Crippen LogP contribution is 2.13. The Morgan fingerprint density at radius 3 is 2.88 bits per heavy atom. The van der Waals surface area contributed by atoms with Crippen LogP contribution in [-0.4, -0.2) is 22.0 Å². The second-order valence-corrected chi connectivity index (χ2v) is 6.12. The van der Waals surface area contributed by atoms with Crippen molar-refractivity contribution < 1.29 is 14.3 Å². The van der Waals surface area contributed by atoms with E-state index in [0.717, 1.165) is 11.3 Å². The third-order valence-electron chi connectivity index (χ3n) is 3.38. The van der Waals surface area contributed by atoms with Crippen LogP contribution < -0.4 is 10.3 Å². The molecule has 1 aromatic carbocycles. The van der Waals surface area contributed by atoms with E-state index >= 15 is 0 Å². The van der Waals surface area contributed by atoms with Crippen LogP contribution in [0.25, 0.3) is 11.0 Å². The highest BCUT2D eigenvalue weighted by atomic mass is 32.1. The van der Waals surface area contributed by atoms with Gasteiger partial charge in [-0.1, -0.05) is 24.8 Å². The predicted octanol–water partition coefficient (Wildman–Crippen LogP) is 3.08. The lowest BCUT2D eigenvalue weighted by Crippen LogP contribution is -2.14. The van der Waals surface area contributed by atoms with E-state index in [2.05, 4.69) is 11.6 Å². The van der Waals surface area contributed by atoms with Crippen LogP contribution in [0.15, 0.2) is 65.4 Å². The maximum atomic E-state index is 11.9. The predicted molar refractivity (Wildman–Crippen MR) is 100 cm³/mol. The van der Waals surface area contributed by atoms with Crippen molar-refractivity contribution in [3.63, 3.8) is 0 Å². The molecule has 0 saturated carbocycles. The smallest absolute Gasteiger partial charge is 0.331 e. The van der Waals surface area contributed by atoms with E-state index in [1.807, 2.05) is 24.3 Å². The van der Waals surface area contributed by atoms with Gasteiger partial charge in [0.15, 0.2) is 4.96 Å². The zero-order valence-corrected chi connectivity index (χ0v) is 14.6. The molecule has 0 bridgehead atoms. The Morgan fingerprint density at radius 1 is 1.31 bits per heavy atom. The Hall–Kier alpha value is -3.19. The van der Waals surface area contributed by atoms with Gasteiger partial charge in [-0.05, 0) is 23.8 Å². The third kappa shape index (κ3) is 4.46. The van der Waals surface area contributed by atoms with Gasteiger partial charge < -0.3 is 9.47 Å². The number of carbonyl (C=O) groups excluding carboxylic acids is 1. The maximum Gasteiger partial charge on any atom is 0.331 e. The highest BCUT2D eigenvalue weighted by Gasteiger charge is 2.05. The van der Waals surface area contributed by atoms with E-state index in [0.29, 0.717) is 17.3 Å². The molecule has 7 heteroatoms. The lowest BCUT2D eigenvalue weighted by Gasteiger charge is -2.03. The van der Waals surface area contributed by atoms with Crippen LogP contribution in [0.4, 0.5) is 0 Å². The number of esters is 1. The number of hydrogen-bond donors (Lipinski definition) is 0. The summed E-state index contributed by atoms with van der Waals surface area (Å²) in [4.78, 5) is 28.6. The monoisotopic (exact) mass is 368 g/mol. The molecule has 3 rings (SSSR count). The van der Waals surface area contributed by atoms with Crippen molar-refractivity contribution >= 4 is 28.3 Å². The SMILES string of the molecule is C=CCOc1ccc(/C=C/C(=O)OCc2cc(=O)n3ccsc3n2)cc1. The number of fused-ring (bicyclic) bond motifs is 1. The normalized spacial score (nSPS) is 10.9. The molecule has 6 nitrogen and oxygen atoms in total. The Kier molecular flexibility index (Phi) is 5.60. The summed E-state index contributed by atoms with van der Waals surface area (Å²) in [7, 11) is 0. The molecule has 2 heterocycles. The minimum Gasteiger partial charge on any atom is -0.490 e. The van der Waals surface area contributed by atoms with Crippen molar-refractivity contribution in [1.82, 2.24) is 9.38 Å². The van der Waals surface area contributed by atoms with Crippen molar-refractivity contribution in [3.8, 4) is 5.75 Å². The molecule has 0 atom stereocenters. The number of thiazole rings is 1.